The molecule has 1 saturated heterocycles. The minimum absolute atomic E-state index is 0.188. The molecular weight excluding hydrogens is 310 g/mol. The standard InChI is InChI=1S/C16H21N5O3/c1-16(2,3)24-15(23)21-8-6-20(7-9-21)14-18-12-10-17-5-4-11(12)13(22)19-14/h4-5,10H,6-9H2,1-3H3,(H,18,19,22). The van der Waals surface area contributed by atoms with E-state index in [-0.39, 0.29) is 11.7 Å². The van der Waals surface area contributed by atoms with Crippen molar-refractivity contribution < 1.29 is 9.53 Å². The second-order valence-electron chi connectivity index (χ2n) is 6.74. The topological polar surface area (TPSA) is 91.4 Å². The number of anilines is 1. The van der Waals surface area contributed by atoms with E-state index in [0.717, 1.165) is 0 Å². The highest BCUT2D eigenvalue weighted by Gasteiger charge is 2.26. The summed E-state index contributed by atoms with van der Waals surface area (Å²) in [5, 5.41) is 0.515. The van der Waals surface area contributed by atoms with Gasteiger partial charge < -0.3 is 14.5 Å². The molecule has 0 unspecified atom stereocenters. The van der Waals surface area contributed by atoms with Gasteiger partial charge in [-0.2, -0.15) is 0 Å². The number of nitrogens with one attached hydrogen (secondary N) is 1. The Morgan fingerprint density at radius 2 is 1.96 bits per heavy atom. The van der Waals surface area contributed by atoms with Gasteiger partial charge in [0.15, 0.2) is 0 Å². The van der Waals surface area contributed by atoms with Crippen molar-refractivity contribution >= 4 is 22.9 Å². The van der Waals surface area contributed by atoms with E-state index >= 15 is 0 Å². The molecule has 2 aromatic rings. The van der Waals surface area contributed by atoms with Crippen molar-refractivity contribution in [1.29, 1.82) is 0 Å². The van der Waals surface area contributed by atoms with Crippen LogP contribution >= 0.6 is 0 Å². The Balaban J connectivity index is 1.71. The Bertz CT molecular complexity index is 803. The number of hydrogen-bond acceptors (Lipinski definition) is 6. The maximum Gasteiger partial charge on any atom is 0.410 e. The van der Waals surface area contributed by atoms with Crippen molar-refractivity contribution in [2.24, 2.45) is 0 Å². The van der Waals surface area contributed by atoms with Gasteiger partial charge >= 0.3 is 6.09 Å². The predicted octanol–water partition coefficient (Wildman–Crippen LogP) is 1.38. The highest BCUT2D eigenvalue weighted by Crippen LogP contribution is 2.15. The van der Waals surface area contributed by atoms with E-state index in [1.54, 1.807) is 23.4 Å². The van der Waals surface area contributed by atoms with Gasteiger partial charge in [0.2, 0.25) is 5.95 Å². The Morgan fingerprint density at radius 1 is 1.25 bits per heavy atom. The summed E-state index contributed by atoms with van der Waals surface area (Å²) in [6, 6.07) is 1.64. The lowest BCUT2D eigenvalue weighted by atomic mass is 10.2. The fourth-order valence-corrected chi connectivity index (χ4v) is 2.56. The number of piperazine rings is 1. The molecule has 0 radical (unpaired) electrons. The minimum Gasteiger partial charge on any atom is -0.444 e. The Kier molecular flexibility index (Phi) is 4.13. The van der Waals surface area contributed by atoms with E-state index in [0.29, 0.717) is 43.0 Å². The van der Waals surface area contributed by atoms with Crippen LogP contribution in [-0.4, -0.2) is 57.7 Å². The van der Waals surface area contributed by atoms with Gasteiger partial charge in [0.25, 0.3) is 5.56 Å². The average molecular weight is 331 g/mol. The first-order valence-corrected chi connectivity index (χ1v) is 7.90. The first kappa shape index (κ1) is 16.2. The summed E-state index contributed by atoms with van der Waals surface area (Å²) >= 11 is 0. The molecule has 0 bridgehead atoms. The number of aromatic nitrogens is 3. The van der Waals surface area contributed by atoms with Gasteiger partial charge in [0.1, 0.15) is 5.60 Å². The largest absolute Gasteiger partial charge is 0.444 e. The number of rotatable bonds is 1. The molecule has 0 aromatic carbocycles. The van der Waals surface area contributed by atoms with Crippen LogP contribution in [0.3, 0.4) is 0 Å². The molecule has 128 valence electrons. The zero-order valence-corrected chi connectivity index (χ0v) is 14.1. The lowest BCUT2D eigenvalue weighted by molar-refractivity contribution is 0.0240. The Labute approximate surface area is 139 Å². The lowest BCUT2D eigenvalue weighted by Crippen LogP contribution is -2.50. The van der Waals surface area contributed by atoms with Gasteiger partial charge in [-0.05, 0) is 26.8 Å². The first-order valence-electron chi connectivity index (χ1n) is 7.90. The molecule has 1 aliphatic heterocycles. The van der Waals surface area contributed by atoms with Crippen LogP contribution in [-0.2, 0) is 4.74 Å². The van der Waals surface area contributed by atoms with Crippen LogP contribution in [0.25, 0.3) is 10.9 Å². The lowest BCUT2D eigenvalue weighted by Gasteiger charge is -2.35. The van der Waals surface area contributed by atoms with Gasteiger partial charge in [-0.25, -0.2) is 9.78 Å². The van der Waals surface area contributed by atoms with Crippen molar-refractivity contribution in [2.75, 3.05) is 31.1 Å². The number of carbonyl (C=O) groups excluding carboxylic acids is 1. The molecule has 1 aliphatic rings. The molecule has 1 fully saturated rings. The zero-order chi connectivity index (χ0) is 17.3. The number of pyridine rings is 1. The van der Waals surface area contributed by atoms with Crippen LogP contribution < -0.4 is 10.5 Å². The first-order chi connectivity index (χ1) is 11.3. The maximum atomic E-state index is 12.1. The third-order valence-electron chi connectivity index (χ3n) is 3.73. The molecule has 3 rings (SSSR count). The monoisotopic (exact) mass is 331 g/mol. The van der Waals surface area contributed by atoms with E-state index in [4.69, 9.17) is 4.74 Å². The normalized spacial score (nSPS) is 15.6. The molecule has 0 saturated carbocycles. The summed E-state index contributed by atoms with van der Waals surface area (Å²) < 4.78 is 5.38. The van der Waals surface area contributed by atoms with Crippen molar-refractivity contribution in [1.82, 2.24) is 19.9 Å². The van der Waals surface area contributed by atoms with Crippen LogP contribution in [0.15, 0.2) is 23.3 Å². The van der Waals surface area contributed by atoms with Gasteiger partial charge in [-0.3, -0.25) is 14.8 Å². The molecule has 2 aromatic heterocycles. The van der Waals surface area contributed by atoms with Crippen LogP contribution in [0.2, 0.25) is 0 Å². The van der Waals surface area contributed by atoms with Gasteiger partial charge in [0, 0.05) is 32.4 Å². The molecule has 24 heavy (non-hydrogen) atoms. The SMILES string of the molecule is CC(C)(C)OC(=O)N1CCN(c2nc3cnccc3c(=O)[nH]2)CC1. The molecular formula is C16H21N5O3. The van der Waals surface area contributed by atoms with E-state index in [9.17, 15) is 9.59 Å². The van der Waals surface area contributed by atoms with Crippen LogP contribution in [0, 0.1) is 0 Å². The number of nitrogens with zero attached hydrogens (tertiary/aromatic N) is 4. The number of fused-ring (bicyclic) bond motifs is 1. The summed E-state index contributed by atoms with van der Waals surface area (Å²) in [5.41, 5.74) is -0.135. The van der Waals surface area contributed by atoms with Gasteiger partial charge in [-0.15, -0.1) is 0 Å². The predicted molar refractivity (Wildman–Crippen MR) is 90.2 cm³/mol. The van der Waals surface area contributed by atoms with Crippen molar-refractivity contribution in [3.63, 3.8) is 0 Å². The van der Waals surface area contributed by atoms with Gasteiger partial charge in [-0.1, -0.05) is 0 Å². The summed E-state index contributed by atoms with van der Waals surface area (Å²) in [5.74, 6) is 0.504. The van der Waals surface area contributed by atoms with E-state index < -0.39 is 5.60 Å². The molecule has 0 aliphatic carbocycles. The highest BCUT2D eigenvalue weighted by atomic mass is 16.6. The van der Waals surface area contributed by atoms with Crippen LogP contribution in [0.4, 0.5) is 10.7 Å². The van der Waals surface area contributed by atoms with Crippen molar-refractivity contribution in [2.45, 2.75) is 26.4 Å². The quantitative estimate of drug-likeness (QED) is 0.849. The molecule has 0 spiro atoms. The zero-order valence-electron chi connectivity index (χ0n) is 14.1. The molecule has 8 heteroatoms. The van der Waals surface area contributed by atoms with E-state index in [2.05, 4.69) is 15.0 Å². The smallest absolute Gasteiger partial charge is 0.410 e. The second-order valence-corrected chi connectivity index (χ2v) is 6.74. The molecule has 8 nitrogen and oxygen atoms in total. The van der Waals surface area contributed by atoms with Crippen LogP contribution in [0.1, 0.15) is 20.8 Å². The second kappa shape index (κ2) is 6.10. The van der Waals surface area contributed by atoms with Crippen molar-refractivity contribution in [3.05, 3.63) is 28.8 Å². The third kappa shape index (κ3) is 3.47. The number of aromatic amines is 1. The Morgan fingerprint density at radius 3 is 2.62 bits per heavy atom. The third-order valence-corrected chi connectivity index (χ3v) is 3.73. The van der Waals surface area contributed by atoms with Crippen molar-refractivity contribution in [3.8, 4) is 0 Å². The highest BCUT2D eigenvalue weighted by molar-refractivity contribution is 5.77. The fourth-order valence-electron chi connectivity index (χ4n) is 2.56. The molecule has 3 heterocycles. The van der Waals surface area contributed by atoms with E-state index in [1.165, 1.54) is 0 Å². The fraction of sp³-hybridized carbons (Fsp3) is 0.500. The van der Waals surface area contributed by atoms with E-state index in [1.807, 2.05) is 25.7 Å². The van der Waals surface area contributed by atoms with Crippen LogP contribution in [0.5, 0.6) is 0 Å². The van der Waals surface area contributed by atoms with Gasteiger partial charge in [0.05, 0.1) is 17.1 Å². The Hall–Kier alpha value is -2.64. The number of carbonyl (C=O) groups is 1. The minimum atomic E-state index is -0.508. The summed E-state index contributed by atoms with van der Waals surface area (Å²) in [4.78, 5) is 39.1. The number of amides is 1. The summed E-state index contributed by atoms with van der Waals surface area (Å²) in [6.07, 6.45) is 2.83. The number of ether oxygens (including phenoxy) is 1. The molecule has 0 atom stereocenters. The molecule has 1 amide bonds. The number of H-pyrrole nitrogens is 1. The average Bonchev–Trinajstić information content (AvgIpc) is 2.53. The summed E-state index contributed by atoms with van der Waals surface area (Å²) in [6.45, 7) is 7.73. The molecule has 1 N–H and O–H groups in total. The summed E-state index contributed by atoms with van der Waals surface area (Å²) in [7, 11) is 0. The maximum absolute atomic E-state index is 12.1. The number of hydrogen-bond donors (Lipinski definition) is 1.